The first-order valence-electron chi connectivity index (χ1n) is 6.21. The first-order chi connectivity index (χ1) is 9.56. The SMILES string of the molecule is CN(C)Cc1cccc(NC(=O)c2ccncc2Cl)c1. The number of hydrogen-bond acceptors (Lipinski definition) is 3. The molecule has 2 rings (SSSR count). The van der Waals surface area contributed by atoms with Gasteiger partial charge in [0.15, 0.2) is 0 Å². The zero-order valence-corrected chi connectivity index (χ0v) is 12.2. The summed E-state index contributed by atoms with van der Waals surface area (Å²) in [6, 6.07) is 9.35. The molecular weight excluding hydrogens is 274 g/mol. The molecule has 0 spiro atoms. The lowest BCUT2D eigenvalue weighted by Crippen LogP contribution is -2.14. The van der Waals surface area contributed by atoms with E-state index in [1.807, 2.05) is 38.4 Å². The molecule has 0 aliphatic carbocycles. The van der Waals surface area contributed by atoms with Crippen LogP contribution in [0.1, 0.15) is 15.9 Å². The van der Waals surface area contributed by atoms with Crippen molar-refractivity contribution in [3.8, 4) is 0 Å². The first-order valence-corrected chi connectivity index (χ1v) is 6.58. The summed E-state index contributed by atoms with van der Waals surface area (Å²) in [6.07, 6.45) is 3.00. The Labute approximate surface area is 123 Å². The molecule has 0 aliphatic heterocycles. The molecule has 104 valence electrons. The highest BCUT2D eigenvalue weighted by Crippen LogP contribution is 2.17. The second-order valence-electron chi connectivity index (χ2n) is 4.75. The van der Waals surface area contributed by atoms with E-state index in [0.717, 1.165) is 17.8 Å². The third-order valence-electron chi connectivity index (χ3n) is 2.70. The van der Waals surface area contributed by atoms with Gasteiger partial charge in [-0.05, 0) is 37.9 Å². The largest absolute Gasteiger partial charge is 0.322 e. The summed E-state index contributed by atoms with van der Waals surface area (Å²) in [5, 5.41) is 3.19. The number of pyridine rings is 1. The zero-order chi connectivity index (χ0) is 14.5. The molecule has 4 nitrogen and oxygen atoms in total. The van der Waals surface area contributed by atoms with Gasteiger partial charge in [-0.15, -0.1) is 0 Å². The van der Waals surface area contributed by atoms with Gasteiger partial charge in [0.05, 0.1) is 10.6 Å². The normalized spacial score (nSPS) is 10.6. The van der Waals surface area contributed by atoms with Crippen LogP contribution in [-0.4, -0.2) is 29.9 Å². The fourth-order valence-electron chi connectivity index (χ4n) is 1.87. The van der Waals surface area contributed by atoms with Crippen LogP contribution in [0.2, 0.25) is 5.02 Å². The summed E-state index contributed by atoms with van der Waals surface area (Å²) in [4.78, 5) is 18.1. The molecule has 1 N–H and O–H groups in total. The monoisotopic (exact) mass is 289 g/mol. The Bertz CT molecular complexity index is 614. The molecule has 0 fully saturated rings. The highest BCUT2D eigenvalue weighted by atomic mass is 35.5. The fourth-order valence-corrected chi connectivity index (χ4v) is 2.08. The van der Waals surface area contributed by atoms with Gasteiger partial charge in [0, 0.05) is 24.6 Å². The van der Waals surface area contributed by atoms with Crippen LogP contribution in [0.5, 0.6) is 0 Å². The maximum absolute atomic E-state index is 12.1. The molecule has 1 aromatic carbocycles. The minimum absolute atomic E-state index is 0.237. The quantitative estimate of drug-likeness (QED) is 0.941. The molecule has 5 heteroatoms. The van der Waals surface area contributed by atoms with Gasteiger partial charge < -0.3 is 10.2 Å². The molecule has 1 aromatic heterocycles. The van der Waals surface area contributed by atoms with E-state index in [1.54, 1.807) is 12.3 Å². The summed E-state index contributed by atoms with van der Waals surface area (Å²) >= 11 is 5.96. The van der Waals surface area contributed by atoms with Crippen molar-refractivity contribution in [2.45, 2.75) is 6.54 Å². The summed E-state index contributed by atoms with van der Waals surface area (Å²) in [6.45, 7) is 0.819. The van der Waals surface area contributed by atoms with Gasteiger partial charge in [-0.25, -0.2) is 0 Å². The van der Waals surface area contributed by atoms with Crippen molar-refractivity contribution in [1.29, 1.82) is 0 Å². The van der Waals surface area contributed by atoms with Crippen molar-refractivity contribution in [2.75, 3.05) is 19.4 Å². The average molecular weight is 290 g/mol. The fraction of sp³-hybridized carbons (Fsp3) is 0.200. The average Bonchev–Trinajstić information content (AvgIpc) is 2.38. The van der Waals surface area contributed by atoms with E-state index in [-0.39, 0.29) is 5.91 Å². The van der Waals surface area contributed by atoms with Crippen molar-refractivity contribution in [1.82, 2.24) is 9.88 Å². The second kappa shape index (κ2) is 6.50. The third kappa shape index (κ3) is 3.79. The Balaban J connectivity index is 2.14. The molecule has 0 bridgehead atoms. The number of halogens is 1. The molecule has 0 unspecified atom stereocenters. The van der Waals surface area contributed by atoms with Crippen LogP contribution in [-0.2, 0) is 6.54 Å². The number of carbonyl (C=O) groups excluding carboxylic acids is 1. The van der Waals surface area contributed by atoms with Crippen molar-refractivity contribution in [2.24, 2.45) is 0 Å². The highest BCUT2D eigenvalue weighted by molar-refractivity contribution is 6.34. The predicted octanol–water partition coefficient (Wildman–Crippen LogP) is 3.05. The molecule has 0 atom stereocenters. The van der Waals surface area contributed by atoms with Crippen LogP contribution in [0.3, 0.4) is 0 Å². The predicted molar refractivity (Wildman–Crippen MR) is 81.0 cm³/mol. The molecule has 0 saturated heterocycles. The number of carbonyl (C=O) groups is 1. The summed E-state index contributed by atoms with van der Waals surface area (Å²) in [5.41, 5.74) is 2.30. The topological polar surface area (TPSA) is 45.2 Å². The van der Waals surface area contributed by atoms with Gasteiger partial charge >= 0.3 is 0 Å². The Morgan fingerprint density at radius 1 is 1.35 bits per heavy atom. The first kappa shape index (κ1) is 14.5. The minimum Gasteiger partial charge on any atom is -0.322 e. The van der Waals surface area contributed by atoms with Crippen LogP contribution in [0.4, 0.5) is 5.69 Å². The lowest BCUT2D eigenvalue weighted by Gasteiger charge is -2.11. The highest BCUT2D eigenvalue weighted by Gasteiger charge is 2.10. The van der Waals surface area contributed by atoms with Gasteiger partial charge in [-0.3, -0.25) is 9.78 Å². The van der Waals surface area contributed by atoms with Crippen molar-refractivity contribution in [3.05, 3.63) is 58.9 Å². The molecular formula is C15H16ClN3O. The van der Waals surface area contributed by atoms with Crippen LogP contribution in [0.25, 0.3) is 0 Å². The lowest BCUT2D eigenvalue weighted by molar-refractivity contribution is 0.102. The molecule has 0 aliphatic rings. The van der Waals surface area contributed by atoms with E-state index < -0.39 is 0 Å². The maximum atomic E-state index is 12.1. The number of benzene rings is 1. The standard InChI is InChI=1S/C15H16ClN3O/c1-19(2)10-11-4-3-5-12(8-11)18-15(20)13-6-7-17-9-14(13)16/h3-9H,10H2,1-2H3,(H,18,20). The van der Waals surface area contributed by atoms with Gasteiger partial charge in [-0.2, -0.15) is 0 Å². The number of rotatable bonds is 4. The summed E-state index contributed by atoms with van der Waals surface area (Å²) < 4.78 is 0. The van der Waals surface area contributed by atoms with Crippen molar-refractivity contribution >= 4 is 23.2 Å². The van der Waals surface area contributed by atoms with Gasteiger partial charge in [0.2, 0.25) is 0 Å². The maximum Gasteiger partial charge on any atom is 0.257 e. The van der Waals surface area contributed by atoms with E-state index >= 15 is 0 Å². The van der Waals surface area contributed by atoms with Crippen molar-refractivity contribution in [3.63, 3.8) is 0 Å². The summed E-state index contributed by atoms with van der Waals surface area (Å²) in [7, 11) is 4.00. The number of anilines is 1. The van der Waals surface area contributed by atoms with Crippen LogP contribution >= 0.6 is 11.6 Å². The van der Waals surface area contributed by atoms with Crippen LogP contribution in [0, 0.1) is 0 Å². The van der Waals surface area contributed by atoms with Gasteiger partial charge in [0.1, 0.15) is 0 Å². The van der Waals surface area contributed by atoms with Gasteiger partial charge in [0.25, 0.3) is 5.91 Å². The van der Waals surface area contributed by atoms with E-state index in [4.69, 9.17) is 11.6 Å². The van der Waals surface area contributed by atoms with Crippen molar-refractivity contribution < 1.29 is 4.79 Å². The number of amides is 1. The molecule has 1 amide bonds. The lowest BCUT2D eigenvalue weighted by atomic mass is 10.2. The van der Waals surface area contributed by atoms with Gasteiger partial charge in [-0.1, -0.05) is 23.7 Å². The smallest absolute Gasteiger partial charge is 0.257 e. The van der Waals surface area contributed by atoms with Crippen LogP contribution in [0.15, 0.2) is 42.7 Å². The molecule has 20 heavy (non-hydrogen) atoms. The minimum atomic E-state index is -0.237. The Morgan fingerprint density at radius 2 is 2.15 bits per heavy atom. The van der Waals surface area contributed by atoms with E-state index in [1.165, 1.54) is 6.20 Å². The van der Waals surface area contributed by atoms with E-state index in [0.29, 0.717) is 10.6 Å². The Kier molecular flexibility index (Phi) is 4.71. The third-order valence-corrected chi connectivity index (χ3v) is 3.00. The Hall–Kier alpha value is -1.91. The Morgan fingerprint density at radius 3 is 2.85 bits per heavy atom. The number of nitrogens with one attached hydrogen (secondary N) is 1. The van der Waals surface area contributed by atoms with E-state index in [9.17, 15) is 4.79 Å². The van der Waals surface area contributed by atoms with Crippen LogP contribution < -0.4 is 5.32 Å². The molecule has 0 radical (unpaired) electrons. The molecule has 0 saturated carbocycles. The van der Waals surface area contributed by atoms with E-state index in [2.05, 4.69) is 15.2 Å². The summed E-state index contributed by atoms with van der Waals surface area (Å²) in [5.74, 6) is -0.237. The zero-order valence-electron chi connectivity index (χ0n) is 11.4. The number of hydrogen-bond donors (Lipinski definition) is 1. The molecule has 1 heterocycles. The number of nitrogens with zero attached hydrogens (tertiary/aromatic N) is 2. The molecule has 2 aromatic rings. The number of aromatic nitrogens is 1. The second-order valence-corrected chi connectivity index (χ2v) is 5.16.